The normalized spacial score (nSPS) is 17.2. The van der Waals surface area contributed by atoms with Gasteiger partial charge in [0.25, 0.3) is 5.91 Å². The van der Waals surface area contributed by atoms with Gasteiger partial charge in [-0.3, -0.25) is 9.48 Å². The van der Waals surface area contributed by atoms with Gasteiger partial charge in [0.1, 0.15) is 0 Å². The van der Waals surface area contributed by atoms with E-state index in [9.17, 15) is 4.79 Å². The number of rotatable bonds is 3. The molecule has 1 fully saturated rings. The van der Waals surface area contributed by atoms with Crippen molar-refractivity contribution in [3.8, 4) is 5.69 Å². The van der Waals surface area contributed by atoms with E-state index in [2.05, 4.69) is 15.3 Å². The third kappa shape index (κ3) is 2.82. The van der Waals surface area contributed by atoms with Crippen molar-refractivity contribution in [2.45, 2.75) is 25.8 Å². The number of carbonyl (C=O) groups is 1. The van der Waals surface area contributed by atoms with E-state index in [1.165, 1.54) is 4.80 Å². The predicted octanol–water partition coefficient (Wildman–Crippen LogP) is 2.29. The second-order valence-corrected chi connectivity index (χ2v) is 6.36. The maximum atomic E-state index is 13.1. The van der Waals surface area contributed by atoms with E-state index in [4.69, 9.17) is 0 Å². The van der Waals surface area contributed by atoms with Crippen LogP contribution in [0.5, 0.6) is 0 Å². The van der Waals surface area contributed by atoms with Gasteiger partial charge in [-0.25, -0.2) is 0 Å². The number of amides is 1. The molecule has 0 bridgehead atoms. The second kappa shape index (κ2) is 6.16. The highest BCUT2D eigenvalue weighted by molar-refractivity contribution is 5.93. The smallest absolute Gasteiger partial charge is 0.276 e. The SMILES string of the molecule is Cc1nn(-c2ccccc2)nc1C(=O)N1CCC[C@H]1c1cnn(C)c1. The Morgan fingerprint density at radius 1 is 1.20 bits per heavy atom. The average Bonchev–Trinajstić information content (AvgIpc) is 3.34. The van der Waals surface area contributed by atoms with Gasteiger partial charge in [0, 0.05) is 25.4 Å². The number of aromatic nitrogens is 5. The lowest BCUT2D eigenvalue weighted by Gasteiger charge is -2.23. The molecule has 3 aromatic rings. The summed E-state index contributed by atoms with van der Waals surface area (Å²) >= 11 is 0. The quantitative estimate of drug-likeness (QED) is 0.736. The van der Waals surface area contributed by atoms with Crippen LogP contribution in [0, 0.1) is 6.92 Å². The fraction of sp³-hybridized carbons (Fsp3) is 0.333. The van der Waals surface area contributed by atoms with Gasteiger partial charge in [-0.1, -0.05) is 18.2 Å². The van der Waals surface area contributed by atoms with Crippen molar-refractivity contribution in [2.75, 3.05) is 6.54 Å². The summed E-state index contributed by atoms with van der Waals surface area (Å²) in [6, 6.07) is 9.68. The largest absolute Gasteiger partial charge is 0.330 e. The van der Waals surface area contributed by atoms with Crippen molar-refractivity contribution >= 4 is 5.91 Å². The number of nitrogens with zero attached hydrogens (tertiary/aromatic N) is 6. The van der Waals surface area contributed by atoms with E-state index in [1.807, 2.05) is 61.6 Å². The zero-order chi connectivity index (χ0) is 17.4. The maximum absolute atomic E-state index is 13.1. The first-order chi connectivity index (χ1) is 12.1. The van der Waals surface area contributed by atoms with E-state index in [0.717, 1.165) is 30.6 Å². The van der Waals surface area contributed by atoms with Crippen LogP contribution in [-0.2, 0) is 7.05 Å². The van der Waals surface area contributed by atoms with E-state index < -0.39 is 0 Å². The van der Waals surface area contributed by atoms with Gasteiger partial charge >= 0.3 is 0 Å². The molecular weight excluding hydrogens is 316 g/mol. The Morgan fingerprint density at radius 3 is 2.72 bits per heavy atom. The molecule has 1 amide bonds. The fourth-order valence-electron chi connectivity index (χ4n) is 3.36. The van der Waals surface area contributed by atoms with E-state index in [-0.39, 0.29) is 11.9 Å². The van der Waals surface area contributed by atoms with Crippen LogP contribution in [0.3, 0.4) is 0 Å². The Kier molecular flexibility index (Phi) is 3.83. The first kappa shape index (κ1) is 15.6. The van der Waals surface area contributed by atoms with Crippen molar-refractivity contribution in [3.63, 3.8) is 0 Å². The Morgan fingerprint density at radius 2 is 2.00 bits per heavy atom. The molecule has 128 valence electrons. The number of aryl methyl sites for hydroxylation is 2. The van der Waals surface area contributed by atoms with Crippen LogP contribution in [-0.4, -0.2) is 42.1 Å². The van der Waals surface area contributed by atoms with Gasteiger partial charge in [-0.2, -0.15) is 15.0 Å². The average molecular weight is 336 g/mol. The summed E-state index contributed by atoms with van der Waals surface area (Å²) in [5.74, 6) is -0.0639. The summed E-state index contributed by atoms with van der Waals surface area (Å²) in [6.45, 7) is 2.56. The summed E-state index contributed by atoms with van der Waals surface area (Å²) < 4.78 is 1.77. The number of hydrogen-bond donors (Lipinski definition) is 0. The fourth-order valence-corrected chi connectivity index (χ4v) is 3.36. The van der Waals surface area contributed by atoms with Gasteiger partial charge < -0.3 is 4.90 Å². The summed E-state index contributed by atoms with van der Waals surface area (Å²) in [5, 5.41) is 13.1. The molecule has 1 aliphatic heterocycles. The van der Waals surface area contributed by atoms with Crippen LogP contribution in [0.2, 0.25) is 0 Å². The molecule has 1 saturated heterocycles. The van der Waals surface area contributed by atoms with Crippen molar-refractivity contribution in [1.29, 1.82) is 0 Å². The van der Waals surface area contributed by atoms with Crippen LogP contribution in [0.25, 0.3) is 5.69 Å². The van der Waals surface area contributed by atoms with Crippen LogP contribution in [0.15, 0.2) is 42.7 Å². The highest BCUT2D eigenvalue weighted by Crippen LogP contribution is 2.32. The standard InChI is InChI=1S/C18H20N6O/c1-13-17(21-24(20-13)15-7-4-3-5-8-15)18(25)23-10-6-9-16(23)14-11-19-22(2)12-14/h3-5,7-8,11-12,16H,6,9-10H2,1-2H3/t16-/m0/s1. The Labute approximate surface area is 145 Å². The molecule has 0 N–H and O–H groups in total. The molecule has 0 radical (unpaired) electrons. The van der Waals surface area contributed by atoms with Crippen molar-refractivity contribution in [1.82, 2.24) is 29.7 Å². The number of likely N-dealkylation sites (tertiary alicyclic amines) is 1. The third-order valence-corrected chi connectivity index (χ3v) is 4.60. The lowest BCUT2D eigenvalue weighted by Crippen LogP contribution is -2.31. The molecule has 25 heavy (non-hydrogen) atoms. The molecule has 7 nitrogen and oxygen atoms in total. The minimum atomic E-state index is -0.0639. The van der Waals surface area contributed by atoms with Crippen molar-refractivity contribution in [2.24, 2.45) is 7.05 Å². The molecule has 1 atom stereocenters. The van der Waals surface area contributed by atoms with Gasteiger partial charge in [-0.15, -0.1) is 5.10 Å². The first-order valence-corrected chi connectivity index (χ1v) is 8.42. The third-order valence-electron chi connectivity index (χ3n) is 4.60. The molecule has 1 aliphatic rings. The van der Waals surface area contributed by atoms with E-state index in [1.54, 1.807) is 4.68 Å². The molecule has 0 aliphatic carbocycles. The summed E-state index contributed by atoms with van der Waals surface area (Å²) in [7, 11) is 1.89. The van der Waals surface area contributed by atoms with Crippen molar-refractivity contribution in [3.05, 3.63) is 59.7 Å². The minimum absolute atomic E-state index is 0.0578. The minimum Gasteiger partial charge on any atom is -0.330 e. The molecule has 0 unspecified atom stereocenters. The monoisotopic (exact) mass is 336 g/mol. The van der Waals surface area contributed by atoms with Crippen LogP contribution < -0.4 is 0 Å². The molecule has 1 aromatic carbocycles. The Balaban J connectivity index is 1.63. The van der Waals surface area contributed by atoms with Crippen molar-refractivity contribution < 1.29 is 4.79 Å². The molecule has 0 saturated carbocycles. The highest BCUT2D eigenvalue weighted by Gasteiger charge is 2.33. The summed E-state index contributed by atoms with van der Waals surface area (Å²) in [6.07, 6.45) is 5.74. The molecule has 3 heterocycles. The topological polar surface area (TPSA) is 68.8 Å². The predicted molar refractivity (Wildman–Crippen MR) is 92.3 cm³/mol. The van der Waals surface area contributed by atoms with Gasteiger partial charge in [0.15, 0.2) is 5.69 Å². The van der Waals surface area contributed by atoms with Gasteiger partial charge in [-0.05, 0) is 31.9 Å². The van der Waals surface area contributed by atoms with Gasteiger partial charge in [0.05, 0.1) is 23.6 Å². The van der Waals surface area contributed by atoms with E-state index in [0.29, 0.717) is 11.4 Å². The number of benzene rings is 1. The summed E-state index contributed by atoms with van der Waals surface area (Å²) in [5.41, 5.74) is 2.97. The Hall–Kier alpha value is -2.96. The highest BCUT2D eigenvalue weighted by atomic mass is 16.2. The van der Waals surface area contributed by atoms with Crippen LogP contribution in [0.4, 0.5) is 0 Å². The Bertz CT molecular complexity index is 897. The number of para-hydroxylation sites is 1. The summed E-state index contributed by atoms with van der Waals surface area (Å²) in [4.78, 5) is 16.5. The van der Waals surface area contributed by atoms with Crippen LogP contribution in [0.1, 0.15) is 40.6 Å². The second-order valence-electron chi connectivity index (χ2n) is 6.36. The maximum Gasteiger partial charge on any atom is 0.276 e. The number of carbonyl (C=O) groups excluding carboxylic acids is 1. The first-order valence-electron chi connectivity index (χ1n) is 8.42. The molecule has 0 spiro atoms. The zero-order valence-electron chi connectivity index (χ0n) is 14.3. The van der Waals surface area contributed by atoms with Gasteiger partial charge in [0.2, 0.25) is 0 Å². The van der Waals surface area contributed by atoms with Crippen LogP contribution >= 0.6 is 0 Å². The lowest BCUT2D eigenvalue weighted by molar-refractivity contribution is 0.0728. The molecule has 7 heteroatoms. The molecular formula is C18H20N6O. The molecule has 2 aromatic heterocycles. The number of hydrogen-bond acceptors (Lipinski definition) is 4. The molecule has 4 rings (SSSR count). The lowest BCUT2D eigenvalue weighted by atomic mass is 10.1. The van der Waals surface area contributed by atoms with E-state index >= 15 is 0 Å². The zero-order valence-corrected chi connectivity index (χ0v) is 14.3.